The van der Waals surface area contributed by atoms with Crippen LogP contribution in [0, 0.1) is 0 Å². The monoisotopic (exact) mass is 608 g/mol. The highest BCUT2D eigenvalue weighted by atomic mass is 19.4. The molecule has 0 unspecified atom stereocenters. The van der Waals surface area contributed by atoms with Crippen molar-refractivity contribution in [3.63, 3.8) is 0 Å². The van der Waals surface area contributed by atoms with E-state index in [9.17, 15) is 22.8 Å². The molecule has 44 heavy (non-hydrogen) atoms. The summed E-state index contributed by atoms with van der Waals surface area (Å²) in [6.45, 7) is 5.86. The molecule has 2 aliphatic rings. The van der Waals surface area contributed by atoms with Gasteiger partial charge < -0.3 is 24.7 Å². The van der Waals surface area contributed by atoms with Gasteiger partial charge in [0.1, 0.15) is 29.1 Å². The minimum Gasteiger partial charge on any atom is -0.324 e. The zero-order chi connectivity index (χ0) is 31.4. The van der Waals surface area contributed by atoms with Gasteiger partial charge in [-0.2, -0.15) is 13.2 Å². The Bertz CT molecular complexity index is 1740. The number of alkyl halides is 3. The van der Waals surface area contributed by atoms with E-state index in [1.165, 1.54) is 11.1 Å². The van der Waals surface area contributed by atoms with Crippen molar-refractivity contribution in [2.75, 3.05) is 5.32 Å². The lowest BCUT2D eigenvalue weighted by Gasteiger charge is -2.32. The standard InChI is InChI=1S/C29H31F3N10O2/c1-16(2)41-15-35-39-25(41)19-6-5-7-23(36-19)37-26(43)20-10-21-18(11-33-20)12-40(27(44)38-28(3,4)29(30,31)32)13-22-24(17-8-9-17)34-14-42(21)22/h5-7,10-11,14-17H,8-9,12-13H2,1-4H3,(H,38,44)(H,36,37,43). The molecule has 0 radical (unpaired) electrons. The molecule has 4 aromatic heterocycles. The molecule has 3 amide bonds. The van der Waals surface area contributed by atoms with Crippen molar-refractivity contribution in [2.24, 2.45) is 0 Å². The van der Waals surface area contributed by atoms with Crippen LogP contribution >= 0.6 is 0 Å². The Kier molecular flexibility index (Phi) is 7.13. The predicted molar refractivity (Wildman–Crippen MR) is 153 cm³/mol. The Morgan fingerprint density at radius 3 is 2.55 bits per heavy atom. The van der Waals surface area contributed by atoms with Gasteiger partial charge in [-0.25, -0.2) is 14.8 Å². The number of aromatic nitrogens is 7. The molecular formula is C29H31F3N10O2. The van der Waals surface area contributed by atoms with Crippen LogP contribution in [-0.2, 0) is 13.1 Å². The molecule has 1 aliphatic heterocycles. The van der Waals surface area contributed by atoms with E-state index in [1.807, 2.05) is 18.4 Å². The molecular weight excluding hydrogens is 577 g/mol. The number of carbonyl (C=O) groups excluding carboxylic acids is 2. The molecule has 12 nitrogen and oxygen atoms in total. The number of halogens is 3. The van der Waals surface area contributed by atoms with Crippen LogP contribution in [0.1, 0.15) is 79.9 Å². The summed E-state index contributed by atoms with van der Waals surface area (Å²) in [4.78, 5) is 41.3. The van der Waals surface area contributed by atoms with Gasteiger partial charge in [0.25, 0.3) is 5.91 Å². The maximum atomic E-state index is 13.6. The van der Waals surface area contributed by atoms with Crippen LogP contribution in [0.25, 0.3) is 17.2 Å². The molecule has 0 saturated heterocycles. The molecule has 4 aromatic rings. The molecule has 230 valence electrons. The summed E-state index contributed by atoms with van der Waals surface area (Å²) in [5.41, 5.74) is 0.784. The van der Waals surface area contributed by atoms with Gasteiger partial charge in [-0.3, -0.25) is 9.78 Å². The van der Waals surface area contributed by atoms with Gasteiger partial charge in [0.15, 0.2) is 5.82 Å². The fraction of sp³-hybridized carbons (Fsp3) is 0.414. The Morgan fingerprint density at radius 1 is 1.07 bits per heavy atom. The van der Waals surface area contributed by atoms with Crippen LogP contribution in [0.2, 0.25) is 0 Å². The quantitative estimate of drug-likeness (QED) is 0.315. The number of anilines is 1. The maximum absolute atomic E-state index is 13.6. The topological polar surface area (TPSA) is 136 Å². The normalized spacial score (nSPS) is 15.0. The van der Waals surface area contributed by atoms with Gasteiger partial charge >= 0.3 is 12.2 Å². The molecule has 0 aromatic carbocycles. The largest absolute Gasteiger partial charge is 0.411 e. The number of imidazole rings is 1. The molecule has 0 bridgehead atoms. The molecule has 5 heterocycles. The summed E-state index contributed by atoms with van der Waals surface area (Å²) in [5.74, 6) is 0.550. The SMILES string of the molecule is CC(C)n1cnnc1-c1cccc(NC(=O)c2cc3c(cn2)CN(C(=O)NC(C)(C)C(F)(F)F)Cc2c(C4CC4)ncn2-3)n1. The van der Waals surface area contributed by atoms with E-state index in [1.54, 1.807) is 41.5 Å². The number of carbonyl (C=O) groups is 2. The Labute approximate surface area is 250 Å². The highest BCUT2D eigenvalue weighted by Crippen LogP contribution is 2.42. The molecule has 1 saturated carbocycles. The van der Waals surface area contributed by atoms with Crippen molar-refractivity contribution < 1.29 is 22.8 Å². The van der Waals surface area contributed by atoms with Crippen molar-refractivity contribution >= 4 is 17.8 Å². The van der Waals surface area contributed by atoms with Crippen LogP contribution in [-0.4, -0.2) is 62.8 Å². The minimum absolute atomic E-state index is 0.0179. The summed E-state index contributed by atoms with van der Waals surface area (Å²) in [6, 6.07) is 6.00. The Balaban J connectivity index is 1.30. The Hall–Kier alpha value is -4.82. The van der Waals surface area contributed by atoms with E-state index in [0.717, 1.165) is 32.4 Å². The van der Waals surface area contributed by atoms with E-state index < -0.39 is 23.7 Å². The summed E-state index contributed by atoms with van der Waals surface area (Å²) >= 11 is 0. The van der Waals surface area contributed by atoms with Crippen LogP contribution < -0.4 is 10.6 Å². The van der Waals surface area contributed by atoms with Crippen LogP contribution in [0.4, 0.5) is 23.8 Å². The van der Waals surface area contributed by atoms with Crippen molar-refractivity contribution in [1.29, 1.82) is 0 Å². The molecule has 6 rings (SSSR count). The van der Waals surface area contributed by atoms with Crippen molar-refractivity contribution in [2.45, 2.75) is 77.3 Å². The maximum Gasteiger partial charge on any atom is 0.411 e. The van der Waals surface area contributed by atoms with Gasteiger partial charge in [-0.15, -0.1) is 10.2 Å². The summed E-state index contributed by atoms with van der Waals surface area (Å²) in [6.07, 6.45) is 1.94. The number of hydrogen-bond acceptors (Lipinski definition) is 7. The number of pyridine rings is 2. The first-order chi connectivity index (χ1) is 20.8. The zero-order valence-electron chi connectivity index (χ0n) is 24.6. The molecule has 0 spiro atoms. The van der Waals surface area contributed by atoms with Gasteiger partial charge in [0, 0.05) is 23.7 Å². The summed E-state index contributed by atoms with van der Waals surface area (Å²) in [7, 11) is 0. The molecule has 15 heteroatoms. The number of amides is 3. The fourth-order valence-electron chi connectivity index (χ4n) is 5.01. The number of hydrogen-bond donors (Lipinski definition) is 2. The lowest BCUT2D eigenvalue weighted by atomic mass is 10.1. The first kappa shape index (κ1) is 29.3. The number of nitrogens with zero attached hydrogens (tertiary/aromatic N) is 8. The van der Waals surface area contributed by atoms with Gasteiger partial charge in [0.2, 0.25) is 0 Å². The summed E-state index contributed by atoms with van der Waals surface area (Å²) in [5, 5.41) is 13.0. The number of rotatable bonds is 6. The van der Waals surface area contributed by atoms with Crippen LogP contribution in [0.5, 0.6) is 0 Å². The van der Waals surface area contributed by atoms with Crippen molar-refractivity contribution in [3.05, 3.63) is 65.8 Å². The molecule has 2 N–H and O–H groups in total. The fourth-order valence-corrected chi connectivity index (χ4v) is 5.01. The van der Waals surface area contributed by atoms with Gasteiger partial charge in [0.05, 0.1) is 36.5 Å². The predicted octanol–water partition coefficient (Wildman–Crippen LogP) is 5.00. The third-order valence-corrected chi connectivity index (χ3v) is 7.78. The second-order valence-electron chi connectivity index (χ2n) is 11.8. The molecule has 0 atom stereocenters. The molecule has 1 aliphatic carbocycles. The first-order valence-electron chi connectivity index (χ1n) is 14.2. The number of urea groups is 1. The van der Waals surface area contributed by atoms with Gasteiger partial charge in [-0.05, 0) is 58.7 Å². The van der Waals surface area contributed by atoms with Crippen LogP contribution in [0.3, 0.4) is 0 Å². The number of nitrogens with one attached hydrogen (secondary N) is 2. The average molecular weight is 609 g/mol. The minimum atomic E-state index is -4.64. The Morgan fingerprint density at radius 2 is 1.84 bits per heavy atom. The molecule has 1 fully saturated rings. The van der Waals surface area contributed by atoms with Crippen LogP contribution in [0.15, 0.2) is 43.1 Å². The second-order valence-corrected chi connectivity index (χ2v) is 11.8. The summed E-state index contributed by atoms with van der Waals surface area (Å²) < 4.78 is 44.3. The van der Waals surface area contributed by atoms with E-state index >= 15 is 0 Å². The highest BCUT2D eigenvalue weighted by Gasteiger charge is 2.49. The van der Waals surface area contributed by atoms with E-state index in [4.69, 9.17) is 0 Å². The van der Waals surface area contributed by atoms with Gasteiger partial charge in [-0.1, -0.05) is 6.07 Å². The second kappa shape index (κ2) is 10.7. The van der Waals surface area contributed by atoms with E-state index in [0.29, 0.717) is 28.5 Å². The zero-order valence-corrected chi connectivity index (χ0v) is 24.6. The first-order valence-corrected chi connectivity index (χ1v) is 14.2. The lowest BCUT2D eigenvalue weighted by molar-refractivity contribution is -0.182. The number of fused-ring (bicyclic) bond motifs is 3. The van der Waals surface area contributed by atoms with Crippen molar-refractivity contribution in [1.82, 2.24) is 44.5 Å². The highest BCUT2D eigenvalue weighted by molar-refractivity contribution is 6.02. The third kappa shape index (κ3) is 5.49. The lowest BCUT2D eigenvalue weighted by Crippen LogP contribution is -2.57. The average Bonchev–Trinajstić information content (AvgIpc) is 3.57. The smallest absolute Gasteiger partial charge is 0.324 e. The van der Waals surface area contributed by atoms with E-state index in [2.05, 4.69) is 35.8 Å². The van der Waals surface area contributed by atoms with Crippen molar-refractivity contribution in [3.8, 4) is 17.2 Å². The van der Waals surface area contributed by atoms with E-state index in [-0.39, 0.29) is 36.6 Å². The third-order valence-electron chi connectivity index (χ3n) is 7.78.